The van der Waals surface area contributed by atoms with Gasteiger partial charge in [0.25, 0.3) is 0 Å². The summed E-state index contributed by atoms with van der Waals surface area (Å²) in [5.74, 6) is 0. The molecule has 0 atom stereocenters. The van der Waals surface area contributed by atoms with Gasteiger partial charge < -0.3 is 9.88 Å². The van der Waals surface area contributed by atoms with Crippen molar-refractivity contribution in [2.24, 2.45) is 0 Å². The number of nitriles is 3. The first-order valence-corrected chi connectivity index (χ1v) is 17.3. The van der Waals surface area contributed by atoms with Crippen molar-refractivity contribution in [3.05, 3.63) is 173 Å². The molecule has 7 aromatic rings. The summed E-state index contributed by atoms with van der Waals surface area (Å²) in [6.07, 6.45) is 6.06. The van der Waals surface area contributed by atoms with Crippen LogP contribution in [-0.4, -0.2) is 4.57 Å². The highest BCUT2D eigenvalue weighted by molar-refractivity contribution is 6.11. The highest BCUT2D eigenvalue weighted by Gasteiger charge is 2.20. The fourth-order valence-corrected chi connectivity index (χ4v) is 7.60. The van der Waals surface area contributed by atoms with Crippen LogP contribution in [0.3, 0.4) is 0 Å². The maximum atomic E-state index is 10.4. The maximum absolute atomic E-state index is 10.4. The van der Waals surface area contributed by atoms with E-state index in [4.69, 9.17) is 0 Å². The number of benzene rings is 6. The van der Waals surface area contributed by atoms with Crippen LogP contribution in [0, 0.1) is 47.8 Å². The Morgan fingerprint density at radius 3 is 2.08 bits per heavy atom. The van der Waals surface area contributed by atoms with Gasteiger partial charge in [0.15, 0.2) is 0 Å². The summed E-state index contributed by atoms with van der Waals surface area (Å²) in [6, 6.07) is 47.9. The van der Waals surface area contributed by atoms with Crippen LogP contribution in [0.25, 0.3) is 55.3 Å². The molecule has 1 N–H and O–H groups in total. The molecule has 1 heterocycles. The van der Waals surface area contributed by atoms with Gasteiger partial charge in [0, 0.05) is 27.6 Å². The number of hydrogen-bond acceptors (Lipinski definition) is 4. The van der Waals surface area contributed by atoms with E-state index in [0.717, 1.165) is 68.3 Å². The van der Waals surface area contributed by atoms with Gasteiger partial charge in [-0.3, -0.25) is 0 Å². The Balaban J connectivity index is 1.19. The lowest BCUT2D eigenvalue weighted by molar-refractivity contribution is 1.03. The first kappa shape index (κ1) is 32.1. The molecule has 52 heavy (non-hydrogen) atoms. The van der Waals surface area contributed by atoms with Crippen molar-refractivity contribution in [3.8, 4) is 46.1 Å². The van der Waals surface area contributed by atoms with Crippen molar-refractivity contribution in [2.45, 2.75) is 26.7 Å². The molecule has 6 aromatic carbocycles. The number of hydrogen-bond donors (Lipinski definition) is 1. The molecule has 1 aliphatic carbocycles. The Labute approximate surface area is 303 Å². The number of fused-ring (bicyclic) bond motifs is 3. The quantitative estimate of drug-likeness (QED) is 0.191. The number of para-hydroxylation sites is 2. The summed E-state index contributed by atoms with van der Waals surface area (Å²) in [4.78, 5) is 0. The molecule has 5 nitrogen and oxygen atoms in total. The Kier molecular flexibility index (Phi) is 8.21. The lowest BCUT2D eigenvalue weighted by Gasteiger charge is -2.21. The summed E-state index contributed by atoms with van der Waals surface area (Å²) in [7, 11) is 0. The van der Waals surface area contributed by atoms with Crippen molar-refractivity contribution in [3.63, 3.8) is 0 Å². The number of nitrogens with zero attached hydrogens (tertiary/aromatic N) is 4. The van der Waals surface area contributed by atoms with Crippen molar-refractivity contribution >= 4 is 33.1 Å². The normalized spacial score (nSPS) is 12.4. The molecule has 5 heteroatoms. The van der Waals surface area contributed by atoms with E-state index in [1.165, 1.54) is 16.7 Å². The standard InChI is InChI=1S/C47H33N5/c1-30-10-3-4-12-35(30)38-14-5-7-16-43(38)51-44-24-23-36(41(28-49)42(44)29-50)33-19-21-34(22-20-33)37-13-6-8-17-45(37)52-46-25-18-32(27-48)26-40(46)39-15-9-11-31(2)47(39)52/h3-4,6-13,15-26,51H,5,14H2,1-2H3. The van der Waals surface area contributed by atoms with Gasteiger partial charge in [0.05, 0.1) is 45.2 Å². The largest absolute Gasteiger partial charge is 0.354 e. The zero-order valence-corrected chi connectivity index (χ0v) is 28.9. The molecule has 0 fully saturated rings. The van der Waals surface area contributed by atoms with Crippen LogP contribution in [0.5, 0.6) is 0 Å². The van der Waals surface area contributed by atoms with Gasteiger partial charge >= 0.3 is 0 Å². The van der Waals surface area contributed by atoms with Crippen LogP contribution in [0.4, 0.5) is 5.69 Å². The molecular weight excluding hydrogens is 635 g/mol. The number of aromatic nitrogens is 1. The van der Waals surface area contributed by atoms with Gasteiger partial charge in [-0.15, -0.1) is 0 Å². The SMILES string of the molecule is Cc1ccccc1C1=C(Nc2ccc(-c3ccc(-c4ccccc4-n4c5ccc(C#N)cc5c5cccc(C)c54)cc3)c(C#N)c2C#N)C=CCC1. The third-order valence-corrected chi connectivity index (χ3v) is 10.1. The van der Waals surface area contributed by atoms with Crippen LogP contribution in [0.2, 0.25) is 0 Å². The van der Waals surface area contributed by atoms with E-state index in [2.05, 4.69) is 115 Å². The van der Waals surface area contributed by atoms with Gasteiger partial charge in [0.2, 0.25) is 0 Å². The predicted octanol–water partition coefficient (Wildman–Crippen LogP) is 11.5. The molecule has 0 radical (unpaired) electrons. The zero-order chi connectivity index (χ0) is 35.8. The molecule has 0 bridgehead atoms. The molecular formula is C47H33N5. The fourth-order valence-electron chi connectivity index (χ4n) is 7.60. The minimum atomic E-state index is 0.325. The Hall–Kier alpha value is -7.13. The second kappa shape index (κ2) is 13.3. The molecule has 0 aliphatic heterocycles. The van der Waals surface area contributed by atoms with Crippen LogP contribution >= 0.6 is 0 Å². The van der Waals surface area contributed by atoms with Crippen molar-refractivity contribution in [1.29, 1.82) is 15.8 Å². The molecule has 0 saturated heterocycles. The smallest absolute Gasteiger partial charge is 0.103 e. The van der Waals surface area contributed by atoms with Crippen molar-refractivity contribution in [2.75, 3.05) is 5.32 Å². The Bertz CT molecular complexity index is 2760. The van der Waals surface area contributed by atoms with E-state index in [1.54, 1.807) is 0 Å². The van der Waals surface area contributed by atoms with E-state index in [1.807, 2.05) is 60.7 Å². The minimum absolute atomic E-state index is 0.325. The first-order valence-electron chi connectivity index (χ1n) is 17.3. The molecule has 0 spiro atoms. The number of nitrogens with one attached hydrogen (secondary N) is 1. The van der Waals surface area contributed by atoms with E-state index in [-0.39, 0.29) is 0 Å². The molecule has 1 aliphatic rings. The Morgan fingerprint density at radius 2 is 1.33 bits per heavy atom. The van der Waals surface area contributed by atoms with Gasteiger partial charge in [-0.2, -0.15) is 15.8 Å². The van der Waals surface area contributed by atoms with Gasteiger partial charge in [0.1, 0.15) is 12.1 Å². The summed E-state index contributed by atoms with van der Waals surface area (Å²) >= 11 is 0. The van der Waals surface area contributed by atoms with E-state index < -0.39 is 0 Å². The monoisotopic (exact) mass is 667 g/mol. The third kappa shape index (κ3) is 5.41. The van der Waals surface area contributed by atoms with Crippen LogP contribution in [-0.2, 0) is 0 Å². The molecule has 0 amide bonds. The van der Waals surface area contributed by atoms with Crippen LogP contribution in [0.1, 0.15) is 46.2 Å². The number of aryl methyl sites for hydroxylation is 2. The average molecular weight is 668 g/mol. The Morgan fingerprint density at radius 1 is 0.615 bits per heavy atom. The lowest BCUT2D eigenvalue weighted by atomic mass is 9.91. The molecule has 246 valence electrons. The topological polar surface area (TPSA) is 88.3 Å². The summed E-state index contributed by atoms with van der Waals surface area (Å²) < 4.78 is 2.30. The maximum Gasteiger partial charge on any atom is 0.103 e. The van der Waals surface area contributed by atoms with Crippen LogP contribution in [0.15, 0.2) is 139 Å². The second-order valence-electron chi connectivity index (χ2n) is 13.2. The first-order chi connectivity index (χ1) is 25.5. The van der Waals surface area contributed by atoms with Crippen molar-refractivity contribution < 1.29 is 0 Å². The third-order valence-electron chi connectivity index (χ3n) is 10.1. The van der Waals surface area contributed by atoms with E-state index >= 15 is 0 Å². The molecule has 1 aromatic heterocycles. The predicted molar refractivity (Wildman–Crippen MR) is 211 cm³/mol. The summed E-state index contributed by atoms with van der Waals surface area (Å²) in [5, 5.41) is 36.1. The molecule has 0 unspecified atom stereocenters. The number of anilines is 1. The van der Waals surface area contributed by atoms with Gasteiger partial charge in [-0.05, 0) is 96.5 Å². The average Bonchev–Trinajstić information content (AvgIpc) is 3.53. The lowest BCUT2D eigenvalue weighted by Crippen LogP contribution is -2.07. The molecule has 8 rings (SSSR count). The summed E-state index contributed by atoms with van der Waals surface area (Å²) in [5.41, 5.74) is 14.4. The highest BCUT2D eigenvalue weighted by Crippen LogP contribution is 2.39. The summed E-state index contributed by atoms with van der Waals surface area (Å²) in [6.45, 7) is 4.23. The van der Waals surface area contributed by atoms with Crippen molar-refractivity contribution in [1.82, 2.24) is 4.57 Å². The van der Waals surface area contributed by atoms with E-state index in [0.29, 0.717) is 27.9 Å². The number of rotatable bonds is 6. The molecule has 0 saturated carbocycles. The highest BCUT2D eigenvalue weighted by atomic mass is 15.0. The van der Waals surface area contributed by atoms with Gasteiger partial charge in [-0.25, -0.2) is 0 Å². The van der Waals surface area contributed by atoms with Crippen LogP contribution < -0.4 is 5.32 Å². The second-order valence-corrected chi connectivity index (χ2v) is 13.2. The van der Waals surface area contributed by atoms with E-state index in [9.17, 15) is 15.8 Å². The zero-order valence-electron chi connectivity index (χ0n) is 28.9. The fraction of sp³-hybridized carbons (Fsp3) is 0.0851. The number of allylic oxidation sites excluding steroid dienone is 3. The minimum Gasteiger partial charge on any atom is -0.354 e. The van der Waals surface area contributed by atoms with Gasteiger partial charge in [-0.1, -0.05) is 97.1 Å².